The van der Waals surface area contributed by atoms with Crippen molar-refractivity contribution in [3.63, 3.8) is 0 Å². The Kier molecular flexibility index (Phi) is 7.96. The maximum atomic E-state index is 14.5. The van der Waals surface area contributed by atoms with Crippen LogP contribution in [0.4, 0.5) is 13.2 Å². The Morgan fingerprint density at radius 1 is 1.14 bits per heavy atom. The zero-order valence-electron chi connectivity index (χ0n) is 24.1. The number of aromatic hydroxyl groups is 1. The number of phenols is 1. The van der Waals surface area contributed by atoms with E-state index in [9.17, 15) is 47.4 Å². The number of hydrogen-bond acceptors (Lipinski definition) is 9. The number of alkyl halides is 3. The van der Waals surface area contributed by atoms with Crippen LogP contribution in [-0.4, -0.2) is 76.4 Å². The summed E-state index contributed by atoms with van der Waals surface area (Å²) in [7, 11) is 2.85. The number of hydrogen-bond donors (Lipinski definition) is 4. The highest BCUT2D eigenvalue weighted by Crippen LogP contribution is 2.52. The van der Waals surface area contributed by atoms with Crippen LogP contribution < -0.4 is 11.1 Å². The number of aliphatic hydroxyl groups is 1. The molecule has 0 heterocycles. The van der Waals surface area contributed by atoms with Crippen molar-refractivity contribution in [2.75, 3.05) is 20.6 Å². The number of nitrogens with one attached hydrogen (secondary N) is 1. The van der Waals surface area contributed by atoms with Crippen LogP contribution in [0.2, 0.25) is 0 Å². The number of benzene rings is 1. The lowest BCUT2D eigenvalue weighted by molar-refractivity contribution is -0.181. The maximum absolute atomic E-state index is 14.5. The third kappa shape index (κ3) is 5.05. The monoisotopic (exact) mass is 595 g/mol. The average molecular weight is 596 g/mol. The number of halogens is 3. The van der Waals surface area contributed by atoms with Crippen molar-refractivity contribution < 1.29 is 47.4 Å². The molecular weight excluding hydrogens is 559 g/mol. The molecule has 2 fully saturated rings. The van der Waals surface area contributed by atoms with E-state index < -0.39 is 99.4 Å². The van der Waals surface area contributed by atoms with E-state index in [-0.39, 0.29) is 23.9 Å². The van der Waals surface area contributed by atoms with Gasteiger partial charge in [0.15, 0.2) is 34.7 Å². The Bertz CT molecular complexity index is 1370. The average Bonchev–Trinajstić information content (AvgIpc) is 2.82. The SMILES string of the molecule is CN(C)[C@@H]1C(=O)C(C(N)=O)C(=O)[C@@]2(O)C(=O)C3C(=O)c4c(O)cc(CNCCC(C)(C)C)c(C(F)(F)F)c4C[C@H]3C[C@@H]12. The summed E-state index contributed by atoms with van der Waals surface area (Å²) >= 11 is 0. The predicted octanol–water partition coefficient (Wildman–Crippen LogP) is 1.41. The summed E-state index contributed by atoms with van der Waals surface area (Å²) in [5.41, 5.74) is -0.251. The molecule has 0 radical (unpaired) electrons. The zero-order chi connectivity index (χ0) is 31.7. The number of nitrogens with zero attached hydrogens (tertiary/aromatic N) is 1. The second-order valence-electron chi connectivity index (χ2n) is 13.1. The smallest absolute Gasteiger partial charge is 0.417 e. The highest BCUT2D eigenvalue weighted by Gasteiger charge is 2.69. The molecule has 2 unspecified atom stereocenters. The molecule has 2 saturated carbocycles. The number of primary amides is 1. The van der Waals surface area contributed by atoms with Gasteiger partial charge < -0.3 is 21.3 Å². The summed E-state index contributed by atoms with van der Waals surface area (Å²) in [6.45, 7) is 6.11. The van der Waals surface area contributed by atoms with Gasteiger partial charge in [0, 0.05) is 12.5 Å². The fourth-order valence-corrected chi connectivity index (χ4v) is 6.92. The number of amides is 1. The second-order valence-corrected chi connectivity index (χ2v) is 13.1. The van der Waals surface area contributed by atoms with E-state index in [0.717, 1.165) is 6.07 Å². The highest BCUT2D eigenvalue weighted by atomic mass is 19.4. The van der Waals surface area contributed by atoms with E-state index in [1.807, 2.05) is 20.8 Å². The predicted molar refractivity (Wildman–Crippen MR) is 142 cm³/mol. The molecule has 0 saturated heterocycles. The molecule has 0 spiro atoms. The zero-order valence-corrected chi connectivity index (χ0v) is 24.1. The number of ketones is 4. The standard InChI is InChI=1S/C29H36F3N3O7/c1-27(2,3)6-7-34-11-13-10-16(36)18-14(20(13)29(30,31)32)8-12-9-15-21(35(4)5)23(38)19(26(33)41)25(40)28(15,42)24(39)17(12)22(18)37/h10,12,15,17,19,21,34,36,42H,6-9,11H2,1-5H3,(H2,33,41)/t12-,15-,17?,19?,21-,28-/m0/s1. The maximum Gasteiger partial charge on any atom is 0.417 e. The lowest BCUT2D eigenvalue weighted by Gasteiger charge is -2.52. The van der Waals surface area contributed by atoms with Gasteiger partial charge >= 0.3 is 6.18 Å². The molecular formula is C29H36F3N3O7. The Morgan fingerprint density at radius 3 is 2.29 bits per heavy atom. The molecule has 13 heteroatoms. The van der Waals surface area contributed by atoms with Crippen molar-refractivity contribution in [3.05, 3.63) is 28.3 Å². The van der Waals surface area contributed by atoms with Crippen molar-refractivity contribution >= 4 is 29.0 Å². The summed E-state index contributed by atoms with van der Waals surface area (Å²) in [6, 6.07) is -0.495. The lowest BCUT2D eigenvalue weighted by Crippen LogP contribution is -2.74. The minimum Gasteiger partial charge on any atom is -0.507 e. The van der Waals surface area contributed by atoms with Crippen molar-refractivity contribution in [1.29, 1.82) is 0 Å². The highest BCUT2D eigenvalue weighted by molar-refractivity contribution is 6.32. The van der Waals surface area contributed by atoms with E-state index in [1.54, 1.807) is 0 Å². The van der Waals surface area contributed by atoms with Crippen LogP contribution in [0, 0.1) is 29.1 Å². The van der Waals surface area contributed by atoms with Gasteiger partial charge in [-0.25, -0.2) is 0 Å². The van der Waals surface area contributed by atoms with Crippen LogP contribution in [0.25, 0.3) is 0 Å². The van der Waals surface area contributed by atoms with Gasteiger partial charge in [0.2, 0.25) is 5.91 Å². The van der Waals surface area contributed by atoms with Crippen molar-refractivity contribution in [2.24, 2.45) is 34.8 Å². The molecule has 42 heavy (non-hydrogen) atoms. The number of likely N-dealkylation sites (N-methyl/N-ethyl adjacent to an activating group) is 1. The van der Waals surface area contributed by atoms with Gasteiger partial charge in [-0.1, -0.05) is 20.8 Å². The number of carbonyl (C=O) groups excluding carboxylic acids is 5. The molecule has 0 aromatic heterocycles. The molecule has 0 aliphatic heterocycles. The third-order valence-corrected chi connectivity index (χ3v) is 8.80. The summed E-state index contributed by atoms with van der Waals surface area (Å²) in [4.78, 5) is 67.3. The van der Waals surface area contributed by atoms with Crippen LogP contribution in [0.3, 0.4) is 0 Å². The molecule has 5 N–H and O–H groups in total. The van der Waals surface area contributed by atoms with Gasteiger partial charge in [0.25, 0.3) is 0 Å². The Labute approximate surface area is 240 Å². The molecule has 10 nitrogen and oxygen atoms in total. The van der Waals surface area contributed by atoms with Crippen LogP contribution >= 0.6 is 0 Å². The molecule has 0 bridgehead atoms. The summed E-state index contributed by atoms with van der Waals surface area (Å²) in [5, 5.41) is 25.3. The Morgan fingerprint density at radius 2 is 1.76 bits per heavy atom. The third-order valence-electron chi connectivity index (χ3n) is 8.80. The lowest BCUT2D eigenvalue weighted by atomic mass is 9.52. The number of nitrogens with two attached hydrogens (primary N) is 1. The first-order valence-corrected chi connectivity index (χ1v) is 13.7. The van der Waals surface area contributed by atoms with Crippen LogP contribution in [-0.2, 0) is 38.3 Å². The molecule has 4 rings (SSSR count). The minimum atomic E-state index is -4.91. The van der Waals surface area contributed by atoms with Gasteiger partial charge in [0.05, 0.1) is 23.1 Å². The Balaban J connectivity index is 1.82. The molecule has 230 valence electrons. The van der Waals surface area contributed by atoms with E-state index in [4.69, 9.17) is 5.73 Å². The number of carbonyl (C=O) groups is 5. The molecule has 1 aromatic rings. The van der Waals surface area contributed by atoms with Gasteiger partial charge in [-0.05, 0) is 68.4 Å². The quantitative estimate of drug-likeness (QED) is 0.281. The van der Waals surface area contributed by atoms with Crippen LogP contribution in [0.5, 0.6) is 5.75 Å². The number of Topliss-reactive ketones (excluding diaryl/α,β-unsaturated/α-hetero) is 4. The van der Waals surface area contributed by atoms with Gasteiger partial charge in [0.1, 0.15) is 5.75 Å². The largest absolute Gasteiger partial charge is 0.507 e. The summed E-state index contributed by atoms with van der Waals surface area (Å²) in [5.74, 6) is -13.4. The second kappa shape index (κ2) is 10.5. The fourth-order valence-electron chi connectivity index (χ4n) is 6.92. The normalized spacial score (nSPS) is 29.8. The molecule has 3 aliphatic rings. The number of phenolic OH excluding ortho intramolecular Hbond substituents is 1. The summed E-state index contributed by atoms with van der Waals surface area (Å²) in [6.07, 6.45) is -5.05. The Hall–Kier alpha value is -3.16. The van der Waals surface area contributed by atoms with Crippen molar-refractivity contribution in [1.82, 2.24) is 10.2 Å². The number of fused-ring (bicyclic) bond motifs is 3. The first-order chi connectivity index (χ1) is 19.2. The van der Waals surface area contributed by atoms with Gasteiger partial charge in [-0.15, -0.1) is 0 Å². The van der Waals surface area contributed by atoms with Gasteiger partial charge in [-0.2, -0.15) is 13.2 Å². The van der Waals surface area contributed by atoms with E-state index >= 15 is 0 Å². The molecule has 6 atom stereocenters. The fraction of sp³-hybridized carbons (Fsp3) is 0.621. The molecule has 3 aliphatic carbocycles. The van der Waals surface area contributed by atoms with Gasteiger partial charge in [-0.3, -0.25) is 28.9 Å². The van der Waals surface area contributed by atoms with Crippen molar-refractivity contribution in [3.8, 4) is 5.75 Å². The topological polar surface area (TPSA) is 167 Å². The van der Waals surface area contributed by atoms with E-state index in [2.05, 4.69) is 5.32 Å². The minimum absolute atomic E-state index is 0.0709. The van der Waals surface area contributed by atoms with E-state index in [1.165, 1.54) is 19.0 Å². The number of rotatable bonds is 6. The summed E-state index contributed by atoms with van der Waals surface area (Å²) < 4.78 is 43.6. The van der Waals surface area contributed by atoms with Crippen molar-refractivity contribution in [2.45, 2.75) is 64.4 Å². The molecule has 1 amide bonds. The van der Waals surface area contributed by atoms with Crippen LogP contribution in [0.1, 0.15) is 60.7 Å². The first-order valence-electron chi connectivity index (χ1n) is 13.7. The molecule has 1 aromatic carbocycles. The van der Waals surface area contributed by atoms with E-state index in [0.29, 0.717) is 13.0 Å². The van der Waals surface area contributed by atoms with Crippen LogP contribution in [0.15, 0.2) is 6.07 Å². The first kappa shape index (κ1) is 31.8.